The first-order valence-electron chi connectivity index (χ1n) is 7.79. The molecule has 3 rings (SSSR count). The highest BCUT2D eigenvalue weighted by Gasteiger charge is 2.27. The second-order valence-electron chi connectivity index (χ2n) is 5.36. The summed E-state index contributed by atoms with van der Waals surface area (Å²) in [5.74, 6) is 0.220. The molecule has 0 bridgehead atoms. The Balaban J connectivity index is 1.77. The number of carbonyl (C=O) groups excluding carboxylic acids is 2. The summed E-state index contributed by atoms with van der Waals surface area (Å²) in [5.41, 5.74) is 1.11. The second kappa shape index (κ2) is 7.81. The average Bonchev–Trinajstić information content (AvgIpc) is 2.92. The molecule has 1 heterocycles. The van der Waals surface area contributed by atoms with Crippen molar-refractivity contribution in [2.45, 2.75) is 6.92 Å². The van der Waals surface area contributed by atoms with E-state index in [2.05, 4.69) is 0 Å². The Kier molecular flexibility index (Phi) is 5.49. The molecule has 1 aliphatic rings. The van der Waals surface area contributed by atoms with Gasteiger partial charge in [-0.3, -0.25) is 4.79 Å². The number of Topliss-reactive ketones (excluding diaryl/α,β-unsaturated/α-hetero) is 1. The van der Waals surface area contributed by atoms with Gasteiger partial charge in [-0.2, -0.15) is 0 Å². The third-order valence-electron chi connectivity index (χ3n) is 3.54. The monoisotopic (exact) mass is 392 g/mol. The highest BCUT2D eigenvalue weighted by molar-refractivity contribution is 6.42. The van der Waals surface area contributed by atoms with Gasteiger partial charge in [0.15, 0.2) is 12.4 Å². The number of allylic oxidation sites excluding steroid dienone is 1. The smallest absolute Gasteiger partial charge is 0.344 e. The lowest BCUT2D eigenvalue weighted by molar-refractivity contribution is -0.145. The van der Waals surface area contributed by atoms with Gasteiger partial charge < -0.3 is 14.2 Å². The van der Waals surface area contributed by atoms with Crippen LogP contribution in [0, 0.1) is 0 Å². The molecule has 5 nitrogen and oxygen atoms in total. The number of hydrogen-bond acceptors (Lipinski definition) is 5. The lowest BCUT2D eigenvalue weighted by atomic mass is 10.1. The van der Waals surface area contributed by atoms with Gasteiger partial charge in [-0.15, -0.1) is 0 Å². The van der Waals surface area contributed by atoms with Gasteiger partial charge >= 0.3 is 5.97 Å². The summed E-state index contributed by atoms with van der Waals surface area (Å²) in [5, 5.41) is 0.817. The summed E-state index contributed by atoms with van der Waals surface area (Å²) < 4.78 is 15.8. The van der Waals surface area contributed by atoms with Crippen LogP contribution in [0.4, 0.5) is 0 Å². The van der Waals surface area contributed by atoms with E-state index in [1.54, 1.807) is 49.4 Å². The van der Waals surface area contributed by atoms with Crippen molar-refractivity contribution in [2.75, 3.05) is 13.2 Å². The molecule has 7 heteroatoms. The van der Waals surface area contributed by atoms with Crippen LogP contribution < -0.4 is 9.47 Å². The minimum absolute atomic E-state index is 0.168. The largest absolute Gasteiger partial charge is 0.482 e. The van der Waals surface area contributed by atoms with Crippen LogP contribution in [0.5, 0.6) is 11.5 Å². The van der Waals surface area contributed by atoms with Crippen molar-refractivity contribution < 1.29 is 23.8 Å². The summed E-state index contributed by atoms with van der Waals surface area (Å²) >= 11 is 11.9. The Morgan fingerprint density at radius 1 is 1.15 bits per heavy atom. The fourth-order valence-electron chi connectivity index (χ4n) is 2.36. The number of rotatable bonds is 5. The quantitative estimate of drug-likeness (QED) is 0.551. The van der Waals surface area contributed by atoms with Gasteiger partial charge in [0.1, 0.15) is 11.5 Å². The second-order valence-corrected chi connectivity index (χ2v) is 6.18. The first-order valence-corrected chi connectivity index (χ1v) is 8.55. The topological polar surface area (TPSA) is 61.8 Å². The number of ketones is 1. The molecule has 0 radical (unpaired) electrons. The lowest BCUT2D eigenvalue weighted by Crippen LogP contribution is -2.14. The maximum absolute atomic E-state index is 12.4. The summed E-state index contributed by atoms with van der Waals surface area (Å²) in [6, 6.07) is 9.76. The number of halogens is 2. The Hall–Kier alpha value is -2.50. The van der Waals surface area contributed by atoms with E-state index in [4.69, 9.17) is 37.4 Å². The van der Waals surface area contributed by atoms with Gasteiger partial charge in [0, 0.05) is 6.07 Å². The van der Waals surface area contributed by atoms with E-state index in [0.29, 0.717) is 32.7 Å². The molecule has 0 N–H and O–H groups in total. The normalized spacial score (nSPS) is 14.1. The minimum atomic E-state index is -0.467. The van der Waals surface area contributed by atoms with Crippen molar-refractivity contribution in [3.8, 4) is 11.5 Å². The van der Waals surface area contributed by atoms with E-state index in [1.807, 2.05) is 0 Å². The van der Waals surface area contributed by atoms with Gasteiger partial charge in [-0.25, -0.2) is 4.79 Å². The Morgan fingerprint density at radius 2 is 1.96 bits per heavy atom. The Labute approximate surface area is 160 Å². The van der Waals surface area contributed by atoms with Crippen molar-refractivity contribution in [1.82, 2.24) is 0 Å². The number of ether oxygens (including phenoxy) is 3. The van der Waals surface area contributed by atoms with Gasteiger partial charge in [-0.05, 0) is 42.8 Å². The molecule has 2 aromatic rings. The number of esters is 1. The molecule has 1 aliphatic heterocycles. The van der Waals surface area contributed by atoms with Crippen LogP contribution in [0.3, 0.4) is 0 Å². The van der Waals surface area contributed by atoms with Gasteiger partial charge in [0.05, 0.1) is 22.2 Å². The Bertz CT molecular complexity index is 905. The van der Waals surface area contributed by atoms with E-state index in [9.17, 15) is 9.59 Å². The predicted molar refractivity (Wildman–Crippen MR) is 98.0 cm³/mol. The zero-order chi connectivity index (χ0) is 18.7. The van der Waals surface area contributed by atoms with Crippen LogP contribution in [-0.2, 0) is 9.53 Å². The zero-order valence-electron chi connectivity index (χ0n) is 13.8. The maximum atomic E-state index is 12.4. The number of carbonyl (C=O) groups is 2. The van der Waals surface area contributed by atoms with Crippen LogP contribution in [0.1, 0.15) is 22.8 Å². The van der Waals surface area contributed by atoms with Crippen LogP contribution in [0.2, 0.25) is 10.0 Å². The molecule has 134 valence electrons. The molecule has 0 saturated carbocycles. The number of fused-ring (bicyclic) bond motifs is 1. The molecule has 0 aromatic heterocycles. The predicted octanol–water partition coefficient (Wildman–Crippen LogP) is 4.55. The molecule has 0 spiro atoms. The zero-order valence-corrected chi connectivity index (χ0v) is 15.3. The van der Waals surface area contributed by atoms with Gasteiger partial charge in [0.2, 0.25) is 5.78 Å². The lowest BCUT2D eigenvalue weighted by Gasteiger charge is -2.06. The third-order valence-corrected chi connectivity index (χ3v) is 4.28. The highest BCUT2D eigenvalue weighted by Crippen LogP contribution is 2.35. The van der Waals surface area contributed by atoms with E-state index < -0.39 is 5.97 Å². The summed E-state index contributed by atoms with van der Waals surface area (Å²) in [6.07, 6.45) is 1.59. The summed E-state index contributed by atoms with van der Waals surface area (Å²) in [4.78, 5) is 23.8. The van der Waals surface area contributed by atoms with E-state index in [0.717, 1.165) is 0 Å². The van der Waals surface area contributed by atoms with Crippen molar-refractivity contribution in [3.63, 3.8) is 0 Å². The first kappa shape index (κ1) is 18.3. The molecule has 26 heavy (non-hydrogen) atoms. The fraction of sp³-hybridized carbons (Fsp3) is 0.158. The van der Waals surface area contributed by atoms with Crippen LogP contribution in [0.25, 0.3) is 6.08 Å². The highest BCUT2D eigenvalue weighted by atomic mass is 35.5. The number of hydrogen-bond donors (Lipinski definition) is 0. The average molecular weight is 393 g/mol. The molecular formula is C19H14Cl2O5. The molecular weight excluding hydrogens is 379 g/mol. The van der Waals surface area contributed by atoms with Gasteiger partial charge in [-0.1, -0.05) is 29.3 Å². The molecule has 0 saturated heterocycles. The molecule has 0 amide bonds. The fourth-order valence-corrected chi connectivity index (χ4v) is 2.66. The van der Waals surface area contributed by atoms with E-state index in [-0.39, 0.29) is 24.8 Å². The maximum Gasteiger partial charge on any atom is 0.344 e. The standard InChI is InChI=1S/C19H14Cl2O5/c1-2-24-18(22)10-25-12-4-5-13-16(9-12)26-17(19(13)23)8-11-3-6-14(20)15(21)7-11/h3-9H,2,10H2,1H3. The third kappa shape index (κ3) is 4.00. The van der Waals surface area contributed by atoms with E-state index >= 15 is 0 Å². The minimum Gasteiger partial charge on any atom is -0.482 e. The van der Waals surface area contributed by atoms with Crippen molar-refractivity contribution in [2.24, 2.45) is 0 Å². The van der Waals surface area contributed by atoms with Crippen LogP contribution in [0.15, 0.2) is 42.2 Å². The van der Waals surface area contributed by atoms with Crippen LogP contribution >= 0.6 is 23.2 Å². The van der Waals surface area contributed by atoms with Crippen molar-refractivity contribution in [1.29, 1.82) is 0 Å². The molecule has 0 atom stereocenters. The molecule has 0 unspecified atom stereocenters. The van der Waals surface area contributed by atoms with E-state index in [1.165, 1.54) is 0 Å². The SMILES string of the molecule is CCOC(=O)COc1ccc2c(c1)OC(=Cc1ccc(Cl)c(Cl)c1)C2=O. The van der Waals surface area contributed by atoms with Gasteiger partial charge in [0.25, 0.3) is 0 Å². The molecule has 0 aliphatic carbocycles. The Morgan fingerprint density at radius 3 is 2.69 bits per heavy atom. The summed E-state index contributed by atoms with van der Waals surface area (Å²) in [6.45, 7) is 1.79. The van der Waals surface area contributed by atoms with Crippen LogP contribution in [-0.4, -0.2) is 25.0 Å². The first-order chi connectivity index (χ1) is 12.5. The molecule has 2 aromatic carbocycles. The van der Waals surface area contributed by atoms with Crippen molar-refractivity contribution >= 4 is 41.0 Å². The number of benzene rings is 2. The summed E-state index contributed by atoms with van der Waals surface area (Å²) in [7, 11) is 0. The van der Waals surface area contributed by atoms with Crippen molar-refractivity contribution in [3.05, 3.63) is 63.3 Å². The molecule has 0 fully saturated rings.